The summed E-state index contributed by atoms with van der Waals surface area (Å²) in [7, 11) is 0. The third kappa shape index (κ3) is 3.73. The molecule has 26 heavy (non-hydrogen) atoms. The van der Waals surface area contributed by atoms with Crippen LogP contribution in [0.25, 0.3) is 0 Å². The highest BCUT2D eigenvalue weighted by molar-refractivity contribution is 6.36. The van der Waals surface area contributed by atoms with E-state index in [1.165, 1.54) is 6.20 Å². The highest BCUT2D eigenvalue weighted by Crippen LogP contribution is 2.35. The molecule has 0 saturated heterocycles. The molecule has 2 aromatic carbocycles. The lowest BCUT2D eigenvalue weighted by molar-refractivity contribution is -0.118. The molecule has 0 aliphatic rings. The highest BCUT2D eigenvalue weighted by Gasteiger charge is 2.26. The van der Waals surface area contributed by atoms with E-state index in [1.54, 1.807) is 30.3 Å². The third-order valence-electron chi connectivity index (χ3n) is 4.11. The highest BCUT2D eigenvalue weighted by atomic mass is 35.5. The molecule has 3 aromatic rings. The molecule has 1 heterocycles. The molecule has 132 valence electrons. The van der Waals surface area contributed by atoms with E-state index in [4.69, 9.17) is 28.9 Å². The zero-order chi connectivity index (χ0) is 18.7. The summed E-state index contributed by atoms with van der Waals surface area (Å²) in [6.45, 7) is 0. The molecule has 2 unspecified atom stereocenters. The first kappa shape index (κ1) is 18.4. The van der Waals surface area contributed by atoms with Crippen LogP contribution in [0.2, 0.25) is 10.0 Å². The van der Waals surface area contributed by atoms with Crippen LogP contribution in [0.15, 0.2) is 66.9 Å². The topological polar surface area (TPSA) is 76.2 Å². The number of halogens is 2. The zero-order valence-electron chi connectivity index (χ0n) is 13.6. The largest absolute Gasteiger partial charge is 0.384 e. The number of hydrogen-bond acceptors (Lipinski definition) is 3. The molecule has 1 aromatic heterocycles. The maximum absolute atomic E-state index is 12.1. The van der Waals surface area contributed by atoms with Gasteiger partial charge in [-0.1, -0.05) is 65.7 Å². The van der Waals surface area contributed by atoms with Crippen LogP contribution >= 0.6 is 23.2 Å². The van der Waals surface area contributed by atoms with Gasteiger partial charge >= 0.3 is 0 Å². The van der Waals surface area contributed by atoms with Crippen LogP contribution in [0.3, 0.4) is 0 Å². The number of rotatable bonds is 5. The first-order chi connectivity index (χ1) is 12.5. The maximum Gasteiger partial charge on any atom is 0.231 e. The summed E-state index contributed by atoms with van der Waals surface area (Å²) in [6.07, 6.45) is 0.710. The molecule has 2 atom stereocenters. The quantitative estimate of drug-likeness (QED) is 0.693. The molecule has 0 fully saturated rings. The summed E-state index contributed by atoms with van der Waals surface area (Å²) in [5, 5.41) is 11.1. The van der Waals surface area contributed by atoms with Crippen molar-refractivity contribution in [1.82, 2.24) is 4.98 Å². The van der Waals surface area contributed by atoms with Crippen LogP contribution in [0, 0.1) is 0 Å². The van der Waals surface area contributed by atoms with Crippen LogP contribution in [0.4, 0.5) is 0 Å². The van der Waals surface area contributed by atoms with Crippen molar-refractivity contribution < 1.29 is 9.90 Å². The summed E-state index contributed by atoms with van der Waals surface area (Å²) in [6, 6.07) is 17.6. The molecule has 1 amide bonds. The van der Waals surface area contributed by atoms with Gasteiger partial charge in [0.1, 0.15) is 12.0 Å². The summed E-state index contributed by atoms with van der Waals surface area (Å²) in [5.41, 5.74) is 7.78. The van der Waals surface area contributed by atoms with Crippen molar-refractivity contribution in [3.8, 4) is 0 Å². The Kier molecular flexibility index (Phi) is 5.57. The van der Waals surface area contributed by atoms with Crippen molar-refractivity contribution in [1.29, 1.82) is 0 Å². The number of nitrogens with two attached hydrogens (primary N) is 1. The molecule has 0 radical (unpaired) electrons. The molecular weight excluding hydrogens is 371 g/mol. The van der Waals surface area contributed by atoms with Crippen LogP contribution in [-0.2, 0) is 4.79 Å². The lowest BCUT2D eigenvalue weighted by Gasteiger charge is -2.17. The first-order valence-corrected chi connectivity index (χ1v) is 8.66. The van der Waals surface area contributed by atoms with E-state index in [0.717, 1.165) is 5.56 Å². The molecule has 3 N–H and O–H groups in total. The van der Waals surface area contributed by atoms with Crippen LogP contribution in [0.1, 0.15) is 34.4 Å². The number of carbonyl (C=O) groups excluding carboxylic acids is 1. The lowest BCUT2D eigenvalue weighted by Crippen LogP contribution is -2.24. The van der Waals surface area contributed by atoms with Gasteiger partial charge in [0.25, 0.3) is 0 Å². The molecule has 0 spiro atoms. The fourth-order valence-corrected chi connectivity index (χ4v) is 3.42. The van der Waals surface area contributed by atoms with Crippen molar-refractivity contribution in [3.05, 3.63) is 99.3 Å². The Labute approximate surface area is 161 Å². The van der Waals surface area contributed by atoms with E-state index in [1.807, 2.05) is 30.3 Å². The summed E-state index contributed by atoms with van der Waals surface area (Å²) >= 11 is 12.4. The molecule has 0 saturated carbocycles. The second-order valence-corrected chi connectivity index (χ2v) is 6.61. The normalized spacial score (nSPS) is 13.2. The third-order valence-corrected chi connectivity index (χ3v) is 4.77. The Morgan fingerprint density at radius 1 is 0.923 bits per heavy atom. The Balaban J connectivity index is 1.96. The molecule has 0 aliphatic heterocycles. The molecular formula is C20H16Cl2N2O2. The number of hydrogen-bond donors (Lipinski definition) is 2. The number of aliphatic hydroxyl groups is 1. The Bertz CT molecular complexity index is 895. The lowest BCUT2D eigenvalue weighted by atomic mass is 9.93. The van der Waals surface area contributed by atoms with Gasteiger partial charge in [-0.3, -0.25) is 9.78 Å². The maximum atomic E-state index is 12.1. The number of aliphatic hydroxyl groups excluding tert-OH is 1. The van der Waals surface area contributed by atoms with Gasteiger partial charge in [0.15, 0.2) is 0 Å². The number of aromatic nitrogens is 1. The van der Waals surface area contributed by atoms with Gasteiger partial charge in [-0.25, -0.2) is 0 Å². The van der Waals surface area contributed by atoms with Crippen molar-refractivity contribution >= 4 is 29.1 Å². The van der Waals surface area contributed by atoms with Crippen molar-refractivity contribution in [2.45, 2.75) is 12.0 Å². The van der Waals surface area contributed by atoms with Gasteiger partial charge in [-0.2, -0.15) is 0 Å². The van der Waals surface area contributed by atoms with E-state index in [2.05, 4.69) is 4.98 Å². The van der Waals surface area contributed by atoms with Crippen LogP contribution < -0.4 is 5.73 Å². The standard InChI is InChI=1S/C20H16Cl2N2O2/c21-14-7-4-8-15(22)17(14)18(20(23)26)16-10-9-13(11-24-16)19(25)12-5-2-1-3-6-12/h1-11,18-19,25H,(H2,23,26). The Hall–Kier alpha value is -2.40. The minimum Gasteiger partial charge on any atom is -0.384 e. The van der Waals surface area contributed by atoms with Gasteiger partial charge < -0.3 is 10.8 Å². The number of primary amides is 1. The van der Waals surface area contributed by atoms with E-state index in [0.29, 0.717) is 26.9 Å². The fraction of sp³-hybridized carbons (Fsp3) is 0.100. The Morgan fingerprint density at radius 2 is 1.58 bits per heavy atom. The number of pyridine rings is 1. The van der Waals surface area contributed by atoms with Gasteiger partial charge in [0.2, 0.25) is 5.91 Å². The summed E-state index contributed by atoms with van der Waals surface area (Å²) in [4.78, 5) is 16.4. The number of nitrogens with zero attached hydrogens (tertiary/aromatic N) is 1. The van der Waals surface area contributed by atoms with E-state index in [9.17, 15) is 9.90 Å². The van der Waals surface area contributed by atoms with E-state index in [-0.39, 0.29) is 0 Å². The van der Waals surface area contributed by atoms with Crippen molar-refractivity contribution in [3.63, 3.8) is 0 Å². The predicted octanol–water partition coefficient (Wildman–Crippen LogP) is 4.09. The average Bonchev–Trinajstić information content (AvgIpc) is 2.65. The summed E-state index contributed by atoms with van der Waals surface area (Å²) in [5.74, 6) is -1.48. The van der Waals surface area contributed by atoms with E-state index >= 15 is 0 Å². The van der Waals surface area contributed by atoms with Crippen molar-refractivity contribution in [2.75, 3.05) is 0 Å². The van der Waals surface area contributed by atoms with Crippen LogP contribution in [0.5, 0.6) is 0 Å². The predicted molar refractivity (Wildman–Crippen MR) is 102 cm³/mol. The average molecular weight is 387 g/mol. The molecule has 3 rings (SSSR count). The second-order valence-electron chi connectivity index (χ2n) is 5.80. The van der Waals surface area contributed by atoms with Crippen molar-refractivity contribution in [2.24, 2.45) is 5.73 Å². The molecule has 6 heteroatoms. The minimum absolute atomic E-state index is 0.344. The fourth-order valence-electron chi connectivity index (χ4n) is 2.80. The zero-order valence-corrected chi connectivity index (χ0v) is 15.2. The van der Waals surface area contributed by atoms with Gasteiger partial charge in [0.05, 0.1) is 5.69 Å². The number of benzene rings is 2. The number of carbonyl (C=O) groups is 1. The smallest absolute Gasteiger partial charge is 0.231 e. The van der Waals surface area contributed by atoms with E-state index < -0.39 is 17.9 Å². The first-order valence-electron chi connectivity index (χ1n) is 7.91. The molecule has 4 nitrogen and oxygen atoms in total. The Morgan fingerprint density at radius 3 is 2.12 bits per heavy atom. The van der Waals surface area contributed by atoms with Crippen LogP contribution in [-0.4, -0.2) is 16.0 Å². The van der Waals surface area contributed by atoms with Gasteiger partial charge in [-0.15, -0.1) is 0 Å². The minimum atomic E-state index is -0.876. The monoisotopic (exact) mass is 386 g/mol. The van der Waals surface area contributed by atoms with Gasteiger partial charge in [0, 0.05) is 27.4 Å². The van der Waals surface area contributed by atoms with Gasteiger partial charge in [-0.05, 0) is 23.8 Å². The summed E-state index contributed by atoms with van der Waals surface area (Å²) < 4.78 is 0. The molecule has 0 bridgehead atoms. The second kappa shape index (κ2) is 7.87. The SMILES string of the molecule is NC(=O)C(c1ccc(C(O)c2ccccc2)cn1)c1c(Cl)cccc1Cl. The molecule has 0 aliphatic carbocycles. The number of amides is 1.